The minimum atomic E-state index is -3.69. The summed E-state index contributed by atoms with van der Waals surface area (Å²) in [4.78, 5) is 25.1. The van der Waals surface area contributed by atoms with Gasteiger partial charge in [0.25, 0.3) is 11.8 Å². The maximum Gasteiger partial charge on any atom is 0.269 e. The van der Waals surface area contributed by atoms with E-state index in [0.717, 1.165) is 25.7 Å². The smallest absolute Gasteiger partial charge is 0.269 e. The van der Waals surface area contributed by atoms with E-state index < -0.39 is 21.8 Å². The first-order valence-corrected chi connectivity index (χ1v) is 12.3. The van der Waals surface area contributed by atoms with E-state index >= 15 is 0 Å². The Morgan fingerprint density at radius 1 is 0.909 bits per heavy atom. The number of benzene rings is 2. The molecule has 0 aromatic heterocycles. The van der Waals surface area contributed by atoms with Gasteiger partial charge in [-0.15, -0.1) is 0 Å². The molecule has 2 aromatic rings. The van der Waals surface area contributed by atoms with Crippen LogP contribution in [0.3, 0.4) is 0 Å². The van der Waals surface area contributed by atoms with E-state index in [4.69, 9.17) is 9.47 Å². The molecule has 1 fully saturated rings. The third kappa shape index (κ3) is 6.02. The van der Waals surface area contributed by atoms with E-state index in [2.05, 4.69) is 10.9 Å². The lowest BCUT2D eigenvalue weighted by molar-refractivity contribution is 0.0846. The van der Waals surface area contributed by atoms with Gasteiger partial charge in [0.2, 0.25) is 10.0 Å². The summed E-state index contributed by atoms with van der Waals surface area (Å²) in [5.74, 6) is -0.294. The van der Waals surface area contributed by atoms with Crippen LogP contribution in [0.1, 0.15) is 53.3 Å². The normalized spacial score (nSPS) is 14.7. The zero-order valence-electron chi connectivity index (χ0n) is 18.8. The van der Waals surface area contributed by atoms with Crippen LogP contribution in [-0.2, 0) is 10.0 Å². The number of amides is 2. The highest BCUT2D eigenvalue weighted by Crippen LogP contribution is 2.28. The first-order valence-electron chi connectivity index (χ1n) is 10.9. The van der Waals surface area contributed by atoms with Crippen LogP contribution in [-0.4, -0.2) is 51.3 Å². The number of hydrazine groups is 1. The number of hydrogen-bond donors (Lipinski definition) is 2. The molecule has 0 aliphatic carbocycles. The monoisotopic (exact) mass is 475 g/mol. The summed E-state index contributed by atoms with van der Waals surface area (Å²) in [7, 11) is -2.23. The van der Waals surface area contributed by atoms with Gasteiger partial charge in [0.15, 0.2) is 11.5 Å². The van der Waals surface area contributed by atoms with Crippen molar-refractivity contribution in [1.82, 2.24) is 15.2 Å². The fourth-order valence-electron chi connectivity index (χ4n) is 3.57. The first-order chi connectivity index (χ1) is 15.9. The number of sulfonamides is 1. The summed E-state index contributed by atoms with van der Waals surface area (Å²) >= 11 is 0. The van der Waals surface area contributed by atoms with Crippen LogP contribution >= 0.6 is 0 Å². The second kappa shape index (κ2) is 11.2. The Bertz CT molecular complexity index is 1100. The van der Waals surface area contributed by atoms with Gasteiger partial charge in [-0.05, 0) is 56.2 Å². The van der Waals surface area contributed by atoms with Crippen LogP contribution in [0, 0.1) is 0 Å². The number of nitrogens with one attached hydrogen (secondary N) is 2. The maximum atomic E-state index is 13.0. The number of carbonyl (C=O) groups excluding carboxylic acids is 2. The maximum absolute atomic E-state index is 13.0. The zero-order valence-corrected chi connectivity index (χ0v) is 19.6. The Morgan fingerprint density at radius 3 is 2.15 bits per heavy atom. The average Bonchev–Trinajstić information content (AvgIpc) is 3.13. The molecule has 0 radical (unpaired) electrons. The van der Waals surface area contributed by atoms with Gasteiger partial charge in [0, 0.05) is 24.2 Å². The van der Waals surface area contributed by atoms with Crippen LogP contribution in [0.15, 0.2) is 47.4 Å². The third-order valence-electron chi connectivity index (χ3n) is 5.31. The second-order valence-corrected chi connectivity index (χ2v) is 9.49. The van der Waals surface area contributed by atoms with Crippen molar-refractivity contribution >= 4 is 21.8 Å². The molecule has 178 valence electrons. The number of hydrogen-bond acceptors (Lipinski definition) is 6. The second-order valence-electron chi connectivity index (χ2n) is 7.55. The molecular formula is C23H29N3O6S. The highest BCUT2D eigenvalue weighted by atomic mass is 32.2. The number of methoxy groups -OCH3 is 1. The van der Waals surface area contributed by atoms with Crippen molar-refractivity contribution in [3.63, 3.8) is 0 Å². The molecule has 2 N–H and O–H groups in total. The fraction of sp³-hybridized carbons (Fsp3) is 0.391. The van der Waals surface area contributed by atoms with Crippen LogP contribution in [0.25, 0.3) is 0 Å². The topological polar surface area (TPSA) is 114 Å². The summed E-state index contributed by atoms with van der Waals surface area (Å²) in [6.45, 7) is 3.23. The van der Waals surface area contributed by atoms with Gasteiger partial charge in [-0.25, -0.2) is 8.42 Å². The molecule has 0 atom stereocenters. The van der Waals surface area contributed by atoms with Crippen molar-refractivity contribution in [3.8, 4) is 11.5 Å². The third-order valence-corrected chi connectivity index (χ3v) is 7.21. The van der Waals surface area contributed by atoms with E-state index in [9.17, 15) is 18.0 Å². The summed E-state index contributed by atoms with van der Waals surface area (Å²) in [6.07, 6.45) is 3.66. The van der Waals surface area contributed by atoms with Crippen molar-refractivity contribution in [2.45, 2.75) is 37.5 Å². The van der Waals surface area contributed by atoms with Gasteiger partial charge in [-0.3, -0.25) is 20.4 Å². The van der Waals surface area contributed by atoms with E-state index in [0.29, 0.717) is 31.2 Å². The van der Waals surface area contributed by atoms with E-state index in [1.165, 1.54) is 41.7 Å². The number of ether oxygens (including phenoxy) is 2. The van der Waals surface area contributed by atoms with Gasteiger partial charge < -0.3 is 9.47 Å². The van der Waals surface area contributed by atoms with Crippen molar-refractivity contribution in [2.75, 3.05) is 26.8 Å². The van der Waals surface area contributed by atoms with E-state index in [1.807, 2.05) is 6.92 Å². The molecule has 9 nitrogen and oxygen atoms in total. The molecule has 1 aliphatic rings. The molecular weight excluding hydrogens is 446 g/mol. The molecule has 2 aromatic carbocycles. The Balaban J connectivity index is 1.68. The number of nitrogens with zero attached hydrogens (tertiary/aromatic N) is 1. The Hall–Kier alpha value is -3.11. The van der Waals surface area contributed by atoms with Crippen molar-refractivity contribution in [2.24, 2.45) is 0 Å². The van der Waals surface area contributed by atoms with Crippen molar-refractivity contribution in [1.29, 1.82) is 0 Å². The number of carbonyl (C=O) groups is 2. The van der Waals surface area contributed by atoms with Gasteiger partial charge in [-0.2, -0.15) is 4.31 Å². The Morgan fingerprint density at radius 2 is 1.55 bits per heavy atom. The van der Waals surface area contributed by atoms with Crippen LogP contribution < -0.4 is 20.3 Å². The molecule has 0 spiro atoms. The fourth-order valence-corrected chi connectivity index (χ4v) is 5.13. The molecule has 0 bridgehead atoms. The van der Waals surface area contributed by atoms with Gasteiger partial charge >= 0.3 is 0 Å². The molecule has 10 heteroatoms. The minimum absolute atomic E-state index is 0.0552. The van der Waals surface area contributed by atoms with Crippen molar-refractivity contribution < 1.29 is 27.5 Å². The van der Waals surface area contributed by atoms with E-state index in [1.54, 1.807) is 12.1 Å². The van der Waals surface area contributed by atoms with Crippen LogP contribution in [0.2, 0.25) is 0 Å². The molecule has 1 heterocycles. The molecule has 0 unspecified atom stereocenters. The SMILES string of the molecule is CCOc1ccc(C(=O)NNC(=O)c2cccc(S(=O)(=O)N3CCCCCC3)c2)cc1OC. The lowest BCUT2D eigenvalue weighted by Gasteiger charge is -2.20. The molecule has 3 rings (SSSR count). The minimum Gasteiger partial charge on any atom is -0.493 e. The van der Waals surface area contributed by atoms with Gasteiger partial charge in [-0.1, -0.05) is 18.9 Å². The highest BCUT2D eigenvalue weighted by molar-refractivity contribution is 7.89. The Kier molecular flexibility index (Phi) is 8.29. The Labute approximate surface area is 194 Å². The molecule has 2 amide bonds. The van der Waals surface area contributed by atoms with Gasteiger partial charge in [0.1, 0.15) is 0 Å². The molecule has 1 aliphatic heterocycles. The molecule has 1 saturated heterocycles. The first kappa shape index (κ1) is 24.5. The summed E-state index contributed by atoms with van der Waals surface area (Å²) < 4.78 is 38.1. The molecule has 33 heavy (non-hydrogen) atoms. The largest absolute Gasteiger partial charge is 0.493 e. The van der Waals surface area contributed by atoms with Crippen LogP contribution in [0.4, 0.5) is 0 Å². The number of rotatable bonds is 7. The molecule has 0 saturated carbocycles. The lowest BCUT2D eigenvalue weighted by Crippen LogP contribution is -2.41. The standard InChI is InChI=1S/C23H29N3O6S/c1-3-32-20-12-11-18(16-21(20)31-2)23(28)25-24-22(27)17-9-8-10-19(15-17)33(29,30)26-13-6-4-5-7-14-26/h8-12,15-16H,3-7,13-14H2,1-2H3,(H,24,27)(H,25,28). The summed E-state index contributed by atoms with van der Waals surface area (Å²) in [5, 5.41) is 0. The summed E-state index contributed by atoms with van der Waals surface area (Å²) in [6, 6.07) is 10.4. The predicted octanol–water partition coefficient (Wildman–Crippen LogP) is 2.73. The zero-order chi connectivity index (χ0) is 23.8. The van der Waals surface area contributed by atoms with Crippen molar-refractivity contribution in [3.05, 3.63) is 53.6 Å². The quantitative estimate of drug-likeness (QED) is 0.595. The highest BCUT2D eigenvalue weighted by Gasteiger charge is 2.26. The van der Waals surface area contributed by atoms with E-state index in [-0.39, 0.29) is 16.0 Å². The van der Waals surface area contributed by atoms with Crippen LogP contribution in [0.5, 0.6) is 11.5 Å². The predicted molar refractivity (Wildman–Crippen MR) is 123 cm³/mol. The lowest BCUT2D eigenvalue weighted by atomic mass is 10.2. The van der Waals surface area contributed by atoms with Gasteiger partial charge in [0.05, 0.1) is 18.6 Å². The average molecular weight is 476 g/mol. The summed E-state index contributed by atoms with van der Waals surface area (Å²) in [5.41, 5.74) is 5.04.